The third-order valence-electron chi connectivity index (χ3n) is 3.82. The number of anilines is 1. The van der Waals surface area contributed by atoms with Crippen LogP contribution in [0.15, 0.2) is 47.4 Å². The van der Waals surface area contributed by atoms with E-state index in [1.54, 1.807) is 44.1 Å². The SMILES string of the molecule is CN(C)C(=O)c1ccc(Cl)c(NC(=O)C2Cc3ccccc3S2)c1. The number of carbonyl (C=O) groups excluding carboxylic acids is 2. The fourth-order valence-electron chi connectivity index (χ4n) is 2.55. The summed E-state index contributed by atoms with van der Waals surface area (Å²) >= 11 is 7.73. The molecule has 1 aliphatic rings. The Morgan fingerprint density at radius 1 is 1.21 bits per heavy atom. The van der Waals surface area contributed by atoms with Crippen molar-refractivity contribution in [3.63, 3.8) is 0 Å². The molecule has 3 rings (SSSR count). The molecule has 0 aromatic heterocycles. The Labute approximate surface area is 150 Å². The predicted molar refractivity (Wildman–Crippen MR) is 97.9 cm³/mol. The summed E-state index contributed by atoms with van der Waals surface area (Å²) in [6.07, 6.45) is 0.695. The maximum absolute atomic E-state index is 12.6. The van der Waals surface area contributed by atoms with Crippen molar-refractivity contribution in [2.45, 2.75) is 16.6 Å². The Kier molecular flexibility index (Phi) is 4.83. The lowest BCUT2D eigenvalue weighted by atomic mass is 10.1. The zero-order valence-corrected chi connectivity index (χ0v) is 14.9. The van der Waals surface area contributed by atoms with Crippen LogP contribution in [0.4, 0.5) is 5.69 Å². The topological polar surface area (TPSA) is 49.4 Å². The second kappa shape index (κ2) is 6.87. The average molecular weight is 361 g/mol. The fraction of sp³-hybridized carbons (Fsp3) is 0.222. The molecule has 2 aromatic carbocycles. The van der Waals surface area contributed by atoms with Crippen molar-refractivity contribution in [2.24, 2.45) is 0 Å². The lowest BCUT2D eigenvalue weighted by Gasteiger charge is -2.14. The molecule has 0 radical (unpaired) electrons. The minimum absolute atomic E-state index is 0.104. The van der Waals surface area contributed by atoms with Crippen LogP contribution in [0.25, 0.3) is 0 Å². The van der Waals surface area contributed by atoms with Crippen molar-refractivity contribution >= 4 is 40.9 Å². The van der Waals surface area contributed by atoms with Crippen molar-refractivity contribution in [3.05, 3.63) is 58.6 Å². The number of benzene rings is 2. The highest BCUT2D eigenvalue weighted by atomic mass is 35.5. The van der Waals surface area contributed by atoms with E-state index in [0.717, 1.165) is 4.90 Å². The van der Waals surface area contributed by atoms with Gasteiger partial charge >= 0.3 is 0 Å². The molecule has 2 aromatic rings. The first-order valence-corrected chi connectivity index (χ1v) is 8.78. The van der Waals surface area contributed by atoms with E-state index in [4.69, 9.17) is 11.6 Å². The number of amides is 2. The molecule has 0 saturated heterocycles. The van der Waals surface area contributed by atoms with E-state index in [1.165, 1.54) is 10.5 Å². The van der Waals surface area contributed by atoms with Crippen LogP contribution in [0, 0.1) is 0 Å². The fourth-order valence-corrected chi connectivity index (χ4v) is 3.91. The molecule has 2 amide bonds. The highest BCUT2D eigenvalue weighted by Crippen LogP contribution is 2.37. The smallest absolute Gasteiger partial charge is 0.253 e. The van der Waals surface area contributed by atoms with Crippen molar-refractivity contribution in [1.82, 2.24) is 4.90 Å². The highest BCUT2D eigenvalue weighted by Gasteiger charge is 2.28. The van der Waals surface area contributed by atoms with Crippen molar-refractivity contribution in [2.75, 3.05) is 19.4 Å². The van der Waals surface area contributed by atoms with Gasteiger partial charge in [0.25, 0.3) is 5.91 Å². The van der Waals surface area contributed by atoms with E-state index in [2.05, 4.69) is 5.32 Å². The van der Waals surface area contributed by atoms with Crippen LogP contribution >= 0.6 is 23.4 Å². The first-order valence-electron chi connectivity index (χ1n) is 7.52. The average Bonchev–Trinajstić information content (AvgIpc) is 3.00. The van der Waals surface area contributed by atoms with E-state index < -0.39 is 0 Å². The van der Waals surface area contributed by atoms with Crippen LogP contribution in [0.1, 0.15) is 15.9 Å². The molecule has 0 spiro atoms. The second-order valence-electron chi connectivity index (χ2n) is 5.80. The maximum Gasteiger partial charge on any atom is 0.253 e. The molecule has 1 atom stereocenters. The molecule has 1 heterocycles. The summed E-state index contributed by atoms with van der Waals surface area (Å²) in [5.41, 5.74) is 2.14. The molecule has 6 heteroatoms. The van der Waals surface area contributed by atoms with Gasteiger partial charge in [-0.15, -0.1) is 11.8 Å². The van der Waals surface area contributed by atoms with Crippen molar-refractivity contribution in [1.29, 1.82) is 0 Å². The zero-order valence-electron chi connectivity index (χ0n) is 13.4. The van der Waals surface area contributed by atoms with Crippen LogP contribution in [-0.2, 0) is 11.2 Å². The van der Waals surface area contributed by atoms with Gasteiger partial charge in [0.05, 0.1) is 16.0 Å². The Bertz CT molecular complexity index is 782. The molecule has 0 bridgehead atoms. The van der Waals surface area contributed by atoms with Crippen LogP contribution < -0.4 is 5.32 Å². The molecule has 0 fully saturated rings. The number of hydrogen-bond donors (Lipinski definition) is 1. The van der Waals surface area contributed by atoms with Gasteiger partial charge in [0.2, 0.25) is 5.91 Å². The second-order valence-corrected chi connectivity index (χ2v) is 7.45. The van der Waals surface area contributed by atoms with Crippen LogP contribution in [-0.4, -0.2) is 36.1 Å². The summed E-state index contributed by atoms with van der Waals surface area (Å²) in [5, 5.41) is 3.09. The van der Waals surface area contributed by atoms with Gasteiger partial charge in [0.15, 0.2) is 0 Å². The summed E-state index contributed by atoms with van der Waals surface area (Å²) in [7, 11) is 3.36. The summed E-state index contributed by atoms with van der Waals surface area (Å²) < 4.78 is 0. The first kappa shape index (κ1) is 16.9. The van der Waals surface area contributed by atoms with E-state index in [0.29, 0.717) is 22.7 Å². The Morgan fingerprint density at radius 3 is 2.67 bits per heavy atom. The zero-order chi connectivity index (χ0) is 17.3. The normalized spacial score (nSPS) is 15.7. The molecule has 24 heavy (non-hydrogen) atoms. The number of carbonyl (C=O) groups is 2. The Morgan fingerprint density at radius 2 is 1.96 bits per heavy atom. The number of nitrogens with zero attached hydrogens (tertiary/aromatic N) is 1. The van der Waals surface area contributed by atoms with E-state index in [9.17, 15) is 9.59 Å². The van der Waals surface area contributed by atoms with Crippen molar-refractivity contribution < 1.29 is 9.59 Å². The lowest BCUT2D eigenvalue weighted by Crippen LogP contribution is -2.25. The number of hydrogen-bond acceptors (Lipinski definition) is 3. The minimum atomic E-state index is -0.188. The molecule has 0 saturated carbocycles. The summed E-state index contributed by atoms with van der Waals surface area (Å²) in [6.45, 7) is 0. The molecule has 1 N–H and O–H groups in total. The summed E-state index contributed by atoms with van der Waals surface area (Å²) in [4.78, 5) is 27.3. The summed E-state index contributed by atoms with van der Waals surface area (Å²) in [6, 6.07) is 12.9. The molecule has 1 unspecified atom stereocenters. The van der Waals surface area contributed by atoms with Gasteiger partial charge in [0, 0.05) is 24.6 Å². The Balaban J connectivity index is 1.75. The van der Waals surface area contributed by atoms with Crippen LogP contribution in [0.5, 0.6) is 0 Å². The summed E-state index contributed by atoms with van der Waals surface area (Å²) in [5.74, 6) is -0.239. The van der Waals surface area contributed by atoms with Crippen LogP contribution in [0.3, 0.4) is 0 Å². The van der Waals surface area contributed by atoms with E-state index >= 15 is 0 Å². The maximum atomic E-state index is 12.6. The van der Waals surface area contributed by atoms with E-state index in [1.807, 2.05) is 24.3 Å². The van der Waals surface area contributed by atoms with Gasteiger partial charge < -0.3 is 10.2 Å². The van der Waals surface area contributed by atoms with Gasteiger partial charge in [-0.2, -0.15) is 0 Å². The largest absolute Gasteiger partial charge is 0.345 e. The molecule has 124 valence electrons. The number of nitrogens with one attached hydrogen (secondary N) is 1. The molecular weight excluding hydrogens is 344 g/mol. The van der Waals surface area contributed by atoms with Crippen molar-refractivity contribution in [3.8, 4) is 0 Å². The number of halogens is 1. The third-order valence-corrected chi connectivity index (χ3v) is 5.46. The Hall–Kier alpha value is -1.98. The van der Waals surface area contributed by atoms with Gasteiger partial charge in [-0.25, -0.2) is 0 Å². The number of thioether (sulfide) groups is 1. The minimum Gasteiger partial charge on any atom is -0.345 e. The monoisotopic (exact) mass is 360 g/mol. The quantitative estimate of drug-likeness (QED) is 0.908. The highest BCUT2D eigenvalue weighted by molar-refractivity contribution is 8.01. The number of rotatable bonds is 3. The predicted octanol–water partition coefficient (Wildman–Crippen LogP) is 3.70. The third kappa shape index (κ3) is 3.42. The molecule has 0 aliphatic carbocycles. The molecule has 4 nitrogen and oxygen atoms in total. The van der Waals surface area contributed by atoms with Gasteiger partial charge in [-0.3, -0.25) is 9.59 Å². The lowest BCUT2D eigenvalue weighted by molar-refractivity contribution is -0.115. The molecular formula is C18H17ClN2O2S. The first-order chi connectivity index (χ1) is 11.5. The van der Waals surface area contributed by atoms with Crippen LogP contribution in [0.2, 0.25) is 5.02 Å². The molecule has 1 aliphatic heterocycles. The van der Waals surface area contributed by atoms with Gasteiger partial charge in [0.1, 0.15) is 0 Å². The standard InChI is InChI=1S/C18H17ClN2O2S/c1-21(2)18(23)12-7-8-13(19)14(9-12)20-17(22)16-10-11-5-3-4-6-15(11)24-16/h3-9,16H,10H2,1-2H3,(H,20,22). The van der Waals surface area contributed by atoms with Gasteiger partial charge in [-0.1, -0.05) is 29.8 Å². The number of fused-ring (bicyclic) bond motifs is 1. The van der Waals surface area contributed by atoms with Gasteiger partial charge in [-0.05, 0) is 36.2 Å². The van der Waals surface area contributed by atoms with E-state index in [-0.39, 0.29) is 17.1 Å².